The van der Waals surface area contributed by atoms with Crippen molar-refractivity contribution in [1.82, 2.24) is 0 Å². The first-order valence-electron chi connectivity index (χ1n) is 3.36. The third kappa shape index (κ3) is 2.02. The van der Waals surface area contributed by atoms with Gasteiger partial charge in [0.25, 0.3) is 0 Å². The summed E-state index contributed by atoms with van der Waals surface area (Å²) in [6.07, 6.45) is 0. The lowest BCUT2D eigenvalue weighted by Gasteiger charge is -1.91. The molecule has 0 unspecified atom stereocenters. The van der Waals surface area contributed by atoms with Crippen LogP contribution in [0.25, 0.3) is 0 Å². The highest BCUT2D eigenvalue weighted by Crippen LogP contribution is 2.09. The van der Waals surface area contributed by atoms with Crippen molar-refractivity contribution in [2.24, 2.45) is 4.99 Å². The molecule has 0 atom stereocenters. The quantitative estimate of drug-likeness (QED) is 0.522. The molecule has 1 nitrogen and oxygen atoms in total. The minimum absolute atomic E-state index is 1.03. The lowest BCUT2D eigenvalue weighted by molar-refractivity contribution is 1.48. The van der Waals surface area contributed by atoms with Crippen molar-refractivity contribution in [3.05, 3.63) is 30.3 Å². The Bertz CT molecular complexity index is 220. The summed E-state index contributed by atoms with van der Waals surface area (Å²) in [4.78, 5) is 4.28. The van der Waals surface area contributed by atoms with Crippen molar-refractivity contribution >= 4 is 11.4 Å². The molecule has 1 rings (SSSR count). The van der Waals surface area contributed by atoms with Gasteiger partial charge in [0.05, 0.1) is 5.69 Å². The van der Waals surface area contributed by atoms with Crippen LogP contribution in [-0.4, -0.2) is 5.71 Å². The first-order chi connectivity index (χ1) is 4.79. The van der Waals surface area contributed by atoms with Crippen molar-refractivity contribution in [1.29, 1.82) is 0 Å². The van der Waals surface area contributed by atoms with Crippen LogP contribution in [-0.2, 0) is 0 Å². The topological polar surface area (TPSA) is 12.4 Å². The fourth-order valence-electron chi connectivity index (χ4n) is 0.761. The van der Waals surface area contributed by atoms with Crippen LogP contribution in [0.1, 0.15) is 13.8 Å². The Labute approximate surface area is 61.4 Å². The second-order valence-corrected chi connectivity index (χ2v) is 2.39. The molecule has 0 saturated heterocycles. The van der Waals surface area contributed by atoms with Crippen LogP contribution in [0.4, 0.5) is 5.69 Å². The molecule has 0 N–H and O–H groups in total. The van der Waals surface area contributed by atoms with E-state index in [-0.39, 0.29) is 0 Å². The Kier molecular flexibility index (Phi) is 2.21. The fraction of sp³-hybridized carbons (Fsp3) is 0.222. The second kappa shape index (κ2) is 3.16. The Hall–Kier alpha value is -1.11. The van der Waals surface area contributed by atoms with E-state index >= 15 is 0 Å². The van der Waals surface area contributed by atoms with E-state index in [1.165, 1.54) is 0 Å². The van der Waals surface area contributed by atoms with Crippen LogP contribution in [0, 0.1) is 0 Å². The number of benzene rings is 1. The molecule has 0 amide bonds. The number of hydrogen-bond donors (Lipinski definition) is 0. The molecule has 0 heterocycles. The molecule has 1 aromatic carbocycles. The standard InChI is InChI=1S/C9H11N/c1-8(2)10-9-6-4-3-5-7-9/h3-7H,1-2H3. The van der Waals surface area contributed by atoms with Gasteiger partial charge in [-0.3, -0.25) is 4.99 Å². The highest BCUT2D eigenvalue weighted by Gasteiger charge is 1.83. The molecule has 0 saturated carbocycles. The average molecular weight is 133 g/mol. The van der Waals surface area contributed by atoms with Crippen LogP contribution < -0.4 is 0 Å². The third-order valence-corrected chi connectivity index (χ3v) is 1.11. The summed E-state index contributed by atoms with van der Waals surface area (Å²) in [7, 11) is 0. The van der Waals surface area contributed by atoms with Crippen LogP contribution in [0.5, 0.6) is 0 Å². The smallest absolute Gasteiger partial charge is 0.0628 e. The number of aliphatic imine (C=N–C) groups is 1. The van der Waals surface area contributed by atoms with E-state index in [0.29, 0.717) is 0 Å². The molecule has 52 valence electrons. The maximum atomic E-state index is 4.28. The lowest BCUT2D eigenvalue weighted by Crippen LogP contribution is -1.76. The van der Waals surface area contributed by atoms with Gasteiger partial charge in [-0.05, 0) is 26.0 Å². The zero-order valence-electron chi connectivity index (χ0n) is 6.33. The Morgan fingerprint density at radius 1 is 1.10 bits per heavy atom. The molecular weight excluding hydrogens is 122 g/mol. The molecule has 0 aliphatic carbocycles. The largest absolute Gasteiger partial charge is 0.258 e. The van der Waals surface area contributed by atoms with E-state index in [0.717, 1.165) is 11.4 Å². The molecule has 1 aromatic rings. The van der Waals surface area contributed by atoms with E-state index in [9.17, 15) is 0 Å². The van der Waals surface area contributed by atoms with Crippen LogP contribution >= 0.6 is 0 Å². The van der Waals surface area contributed by atoms with Crippen molar-refractivity contribution < 1.29 is 0 Å². The lowest BCUT2D eigenvalue weighted by atomic mass is 10.3. The molecule has 1 heteroatoms. The van der Waals surface area contributed by atoms with Crippen molar-refractivity contribution in [2.75, 3.05) is 0 Å². The first-order valence-corrected chi connectivity index (χ1v) is 3.36. The van der Waals surface area contributed by atoms with Crippen LogP contribution in [0.2, 0.25) is 0 Å². The predicted octanol–water partition coefficient (Wildman–Crippen LogP) is 2.80. The van der Waals surface area contributed by atoms with E-state index in [1.807, 2.05) is 44.2 Å². The molecule has 0 radical (unpaired) electrons. The van der Waals surface area contributed by atoms with Gasteiger partial charge in [-0.15, -0.1) is 0 Å². The van der Waals surface area contributed by atoms with Gasteiger partial charge in [0, 0.05) is 5.71 Å². The van der Waals surface area contributed by atoms with Gasteiger partial charge in [-0.25, -0.2) is 0 Å². The Morgan fingerprint density at radius 2 is 1.70 bits per heavy atom. The van der Waals surface area contributed by atoms with Crippen LogP contribution in [0.3, 0.4) is 0 Å². The molecule has 0 aromatic heterocycles. The van der Waals surface area contributed by atoms with Crippen molar-refractivity contribution in [3.63, 3.8) is 0 Å². The fourth-order valence-corrected chi connectivity index (χ4v) is 0.761. The monoisotopic (exact) mass is 133 g/mol. The average Bonchev–Trinajstić information content (AvgIpc) is 1.88. The summed E-state index contributed by atoms with van der Waals surface area (Å²) < 4.78 is 0. The van der Waals surface area contributed by atoms with Gasteiger partial charge < -0.3 is 0 Å². The van der Waals surface area contributed by atoms with Gasteiger partial charge >= 0.3 is 0 Å². The summed E-state index contributed by atoms with van der Waals surface area (Å²) >= 11 is 0. The Morgan fingerprint density at radius 3 is 2.20 bits per heavy atom. The summed E-state index contributed by atoms with van der Waals surface area (Å²) in [6, 6.07) is 9.95. The SMILES string of the molecule is CC(C)=Nc1ccccc1. The van der Waals surface area contributed by atoms with E-state index in [1.54, 1.807) is 0 Å². The van der Waals surface area contributed by atoms with E-state index in [2.05, 4.69) is 4.99 Å². The molecule has 0 fully saturated rings. The summed E-state index contributed by atoms with van der Waals surface area (Å²) in [5.74, 6) is 0. The molecule has 0 bridgehead atoms. The first kappa shape index (κ1) is 7.00. The molecule has 0 spiro atoms. The Balaban J connectivity index is 2.87. The number of hydrogen-bond acceptors (Lipinski definition) is 1. The normalized spacial score (nSPS) is 9.00. The maximum Gasteiger partial charge on any atom is 0.0628 e. The number of rotatable bonds is 1. The number of para-hydroxylation sites is 1. The summed E-state index contributed by atoms with van der Waals surface area (Å²) in [5, 5.41) is 0. The number of nitrogens with zero attached hydrogens (tertiary/aromatic N) is 1. The summed E-state index contributed by atoms with van der Waals surface area (Å²) in [5.41, 5.74) is 2.12. The molecular formula is C9H11N. The predicted molar refractivity (Wildman–Crippen MR) is 44.9 cm³/mol. The minimum atomic E-state index is 1.03. The van der Waals surface area contributed by atoms with Gasteiger partial charge in [-0.2, -0.15) is 0 Å². The molecule has 10 heavy (non-hydrogen) atoms. The highest BCUT2D eigenvalue weighted by atomic mass is 14.7. The molecule has 0 aliphatic rings. The van der Waals surface area contributed by atoms with E-state index < -0.39 is 0 Å². The van der Waals surface area contributed by atoms with Crippen molar-refractivity contribution in [2.45, 2.75) is 13.8 Å². The van der Waals surface area contributed by atoms with Crippen molar-refractivity contribution in [3.8, 4) is 0 Å². The zero-order valence-corrected chi connectivity index (χ0v) is 6.33. The molecule has 0 aliphatic heterocycles. The van der Waals surface area contributed by atoms with Gasteiger partial charge in [0.15, 0.2) is 0 Å². The highest BCUT2D eigenvalue weighted by molar-refractivity contribution is 5.81. The summed E-state index contributed by atoms with van der Waals surface area (Å²) in [6.45, 7) is 3.99. The third-order valence-electron chi connectivity index (χ3n) is 1.11. The minimum Gasteiger partial charge on any atom is -0.258 e. The van der Waals surface area contributed by atoms with E-state index in [4.69, 9.17) is 0 Å². The maximum absolute atomic E-state index is 4.28. The van der Waals surface area contributed by atoms with Crippen LogP contribution in [0.15, 0.2) is 35.3 Å². The van der Waals surface area contributed by atoms with Gasteiger partial charge in [0.2, 0.25) is 0 Å². The van der Waals surface area contributed by atoms with Gasteiger partial charge in [0.1, 0.15) is 0 Å². The second-order valence-electron chi connectivity index (χ2n) is 2.39. The van der Waals surface area contributed by atoms with Gasteiger partial charge in [-0.1, -0.05) is 18.2 Å². The zero-order chi connectivity index (χ0) is 7.40.